The summed E-state index contributed by atoms with van der Waals surface area (Å²) in [5.41, 5.74) is 0.917. The first-order valence-electron chi connectivity index (χ1n) is 7.06. The molecule has 120 valence electrons. The van der Waals surface area contributed by atoms with Gasteiger partial charge in [-0.2, -0.15) is 0 Å². The van der Waals surface area contributed by atoms with E-state index in [-0.39, 0.29) is 18.4 Å². The smallest absolute Gasteiger partial charge is 0.177 e. The van der Waals surface area contributed by atoms with E-state index in [0.29, 0.717) is 4.90 Å². The quantitative estimate of drug-likeness (QED) is 0.932. The summed E-state index contributed by atoms with van der Waals surface area (Å²) in [4.78, 5) is 4.90. The second-order valence-electron chi connectivity index (χ2n) is 5.41. The molecule has 0 aliphatic carbocycles. The molecule has 0 fully saturated rings. The number of aliphatic imine (C=N–C) groups is 1. The molecule has 0 spiro atoms. The molecule has 22 heavy (non-hydrogen) atoms. The van der Waals surface area contributed by atoms with Crippen LogP contribution in [-0.2, 0) is 9.84 Å². The number of sulfone groups is 1. The van der Waals surface area contributed by atoms with Gasteiger partial charge in [-0.1, -0.05) is 18.2 Å². The topological polar surface area (TPSA) is 63.5 Å². The van der Waals surface area contributed by atoms with Crippen molar-refractivity contribution in [3.8, 4) is 0 Å². The van der Waals surface area contributed by atoms with Crippen LogP contribution in [0.1, 0.15) is 19.4 Å². The van der Waals surface area contributed by atoms with Crippen LogP contribution >= 0.6 is 12.4 Å². The van der Waals surface area contributed by atoms with Crippen molar-refractivity contribution in [3.63, 3.8) is 0 Å². The zero-order chi connectivity index (χ0) is 15.0. The van der Waals surface area contributed by atoms with Gasteiger partial charge in [-0.25, -0.2) is 8.42 Å². The molecule has 0 bridgehead atoms. The highest BCUT2D eigenvalue weighted by atomic mass is 35.5. The lowest BCUT2D eigenvalue weighted by molar-refractivity contribution is 0.600. The van der Waals surface area contributed by atoms with Crippen LogP contribution in [0.5, 0.6) is 0 Å². The maximum Gasteiger partial charge on any atom is 0.177 e. The maximum atomic E-state index is 12.0. The van der Waals surface area contributed by atoms with Gasteiger partial charge in [-0.3, -0.25) is 4.99 Å². The molecule has 2 aromatic rings. The number of halogens is 1. The van der Waals surface area contributed by atoms with Gasteiger partial charge in [0, 0.05) is 30.9 Å². The highest BCUT2D eigenvalue weighted by Gasteiger charge is 2.21. The lowest BCUT2D eigenvalue weighted by Crippen LogP contribution is -2.35. The predicted molar refractivity (Wildman–Crippen MR) is 91.9 cm³/mol. The number of hydrogen-bond donors (Lipinski definition) is 1. The van der Waals surface area contributed by atoms with Gasteiger partial charge in [0.2, 0.25) is 0 Å². The Morgan fingerprint density at radius 1 is 1.32 bits per heavy atom. The fourth-order valence-corrected chi connectivity index (χ4v) is 3.63. The molecule has 0 amide bonds. The molecule has 0 saturated heterocycles. The number of para-hydroxylation sites is 1. The van der Waals surface area contributed by atoms with Crippen LogP contribution in [0.2, 0.25) is 0 Å². The van der Waals surface area contributed by atoms with Crippen molar-refractivity contribution in [1.82, 2.24) is 9.88 Å². The van der Waals surface area contributed by atoms with Crippen LogP contribution in [0, 0.1) is 0 Å². The fraction of sp³-hybridized carbons (Fsp3) is 0.400. The predicted octanol–water partition coefficient (Wildman–Crippen LogP) is 2.42. The van der Waals surface area contributed by atoms with Crippen LogP contribution in [0.25, 0.3) is 10.9 Å². The minimum atomic E-state index is -3.25. The van der Waals surface area contributed by atoms with E-state index in [2.05, 4.69) is 10.3 Å². The molecule has 1 unspecified atom stereocenters. The lowest BCUT2D eigenvalue weighted by Gasteiger charge is -2.22. The highest BCUT2D eigenvalue weighted by molar-refractivity contribution is 7.91. The average Bonchev–Trinajstić information content (AvgIpc) is 2.87. The maximum absolute atomic E-state index is 12.0. The first kappa shape index (κ1) is 16.8. The summed E-state index contributed by atoms with van der Waals surface area (Å²) >= 11 is 0. The minimum Gasteiger partial charge on any atom is -0.372 e. The highest BCUT2D eigenvalue weighted by Crippen LogP contribution is 2.28. The van der Waals surface area contributed by atoms with Crippen LogP contribution in [0.3, 0.4) is 0 Å². The van der Waals surface area contributed by atoms with Crippen molar-refractivity contribution in [2.75, 3.05) is 19.3 Å². The number of hydrogen-bond acceptors (Lipinski definition) is 4. The Bertz CT molecular complexity index is 811. The van der Waals surface area contributed by atoms with Crippen molar-refractivity contribution in [3.05, 3.63) is 30.5 Å². The molecule has 5 nitrogen and oxygen atoms in total. The van der Waals surface area contributed by atoms with E-state index in [4.69, 9.17) is 0 Å². The van der Waals surface area contributed by atoms with E-state index in [1.165, 1.54) is 6.26 Å². The summed E-state index contributed by atoms with van der Waals surface area (Å²) in [6, 6.07) is 7.58. The summed E-state index contributed by atoms with van der Waals surface area (Å²) in [5, 5.41) is 4.08. The van der Waals surface area contributed by atoms with E-state index >= 15 is 0 Å². The molecule has 1 aliphatic rings. The Labute approximate surface area is 136 Å². The molecular weight excluding hydrogens is 322 g/mol. The van der Waals surface area contributed by atoms with Crippen LogP contribution in [-0.4, -0.2) is 38.2 Å². The first-order chi connectivity index (χ1) is 9.98. The molecule has 0 radical (unpaired) electrons. The van der Waals surface area contributed by atoms with Crippen molar-refractivity contribution >= 4 is 39.0 Å². The normalized spacial score (nSPS) is 16.5. The Hall–Kier alpha value is -1.53. The molecule has 3 rings (SSSR count). The van der Waals surface area contributed by atoms with Crippen LogP contribution < -0.4 is 5.32 Å². The Kier molecular flexibility index (Phi) is 4.82. The molecule has 1 aliphatic heterocycles. The summed E-state index contributed by atoms with van der Waals surface area (Å²) in [5.74, 6) is 0.919. The molecule has 7 heteroatoms. The Morgan fingerprint density at radius 3 is 2.68 bits per heavy atom. The number of nitrogens with one attached hydrogen (secondary N) is 1. The summed E-state index contributed by atoms with van der Waals surface area (Å²) < 4.78 is 26.0. The van der Waals surface area contributed by atoms with E-state index in [1.54, 1.807) is 6.20 Å². The van der Waals surface area contributed by atoms with E-state index in [9.17, 15) is 8.42 Å². The van der Waals surface area contributed by atoms with Gasteiger partial charge in [0.1, 0.15) is 5.84 Å². The molecule has 1 atom stereocenters. The zero-order valence-electron chi connectivity index (χ0n) is 12.6. The molecule has 1 aromatic heterocycles. The van der Waals surface area contributed by atoms with Gasteiger partial charge in [-0.15, -0.1) is 12.4 Å². The SMILES string of the molecule is CC(C1=NCCCN1)n1cc(S(C)(=O)=O)c2ccccc21.Cl. The van der Waals surface area contributed by atoms with Gasteiger partial charge in [0.05, 0.1) is 16.5 Å². The standard InChI is InChI=1S/C15H19N3O2S.ClH/c1-11(15-16-8-5-9-17-15)18-10-14(21(2,19)20)12-6-3-4-7-13(12)18;/h3-4,6-7,10-11H,5,8-9H2,1-2H3,(H,16,17);1H. The van der Waals surface area contributed by atoms with Crippen molar-refractivity contribution in [1.29, 1.82) is 0 Å². The van der Waals surface area contributed by atoms with E-state index in [0.717, 1.165) is 36.2 Å². The third kappa shape index (κ3) is 2.98. The number of benzene rings is 1. The number of amidine groups is 1. The third-order valence-electron chi connectivity index (χ3n) is 3.84. The number of fused-ring (bicyclic) bond motifs is 1. The zero-order valence-corrected chi connectivity index (χ0v) is 14.2. The largest absolute Gasteiger partial charge is 0.372 e. The third-order valence-corrected chi connectivity index (χ3v) is 4.96. The number of aromatic nitrogens is 1. The first-order valence-corrected chi connectivity index (χ1v) is 8.95. The molecule has 2 heterocycles. The van der Waals surface area contributed by atoms with Crippen molar-refractivity contribution in [2.45, 2.75) is 24.3 Å². The summed E-state index contributed by atoms with van der Waals surface area (Å²) in [6.45, 7) is 3.78. The Morgan fingerprint density at radius 2 is 2.05 bits per heavy atom. The molecule has 1 aromatic carbocycles. The van der Waals surface area contributed by atoms with Crippen molar-refractivity contribution in [2.24, 2.45) is 4.99 Å². The minimum absolute atomic E-state index is 0. The second-order valence-corrected chi connectivity index (χ2v) is 7.40. The lowest BCUT2D eigenvalue weighted by atomic mass is 10.2. The van der Waals surface area contributed by atoms with Crippen LogP contribution in [0.4, 0.5) is 0 Å². The van der Waals surface area contributed by atoms with E-state index in [1.807, 2.05) is 35.8 Å². The second kappa shape index (κ2) is 6.30. The fourth-order valence-electron chi connectivity index (χ4n) is 2.75. The van der Waals surface area contributed by atoms with Gasteiger partial charge >= 0.3 is 0 Å². The molecule has 1 N–H and O–H groups in total. The Balaban J connectivity index is 0.00000176. The summed E-state index contributed by atoms with van der Waals surface area (Å²) in [6.07, 6.45) is 4.01. The molecule has 0 saturated carbocycles. The number of rotatable bonds is 3. The average molecular weight is 342 g/mol. The van der Waals surface area contributed by atoms with Gasteiger partial charge in [-0.05, 0) is 19.4 Å². The van der Waals surface area contributed by atoms with Gasteiger partial charge in [0.15, 0.2) is 9.84 Å². The van der Waals surface area contributed by atoms with Gasteiger partial charge < -0.3 is 9.88 Å². The van der Waals surface area contributed by atoms with Gasteiger partial charge in [0.25, 0.3) is 0 Å². The van der Waals surface area contributed by atoms with E-state index < -0.39 is 9.84 Å². The summed E-state index contributed by atoms with van der Waals surface area (Å²) in [7, 11) is -3.25. The van der Waals surface area contributed by atoms with Crippen LogP contribution in [0.15, 0.2) is 40.4 Å². The number of nitrogens with zero attached hydrogens (tertiary/aromatic N) is 2. The molecular formula is C15H20ClN3O2S. The monoisotopic (exact) mass is 341 g/mol. The van der Waals surface area contributed by atoms with Crippen molar-refractivity contribution < 1.29 is 8.42 Å².